The molecule has 0 aliphatic carbocycles. The SMILES string of the molecule is CC1CN=C(NCc2ccnc(N3CCOCC3)c2)N1.I. The second kappa shape index (κ2) is 7.79. The summed E-state index contributed by atoms with van der Waals surface area (Å²) in [4.78, 5) is 11.1. The van der Waals surface area contributed by atoms with Gasteiger partial charge in [-0.2, -0.15) is 0 Å². The highest BCUT2D eigenvalue weighted by molar-refractivity contribution is 14.0. The number of rotatable bonds is 3. The van der Waals surface area contributed by atoms with Gasteiger partial charge in [-0.05, 0) is 24.6 Å². The van der Waals surface area contributed by atoms with E-state index >= 15 is 0 Å². The Morgan fingerprint density at radius 2 is 2.24 bits per heavy atom. The van der Waals surface area contributed by atoms with E-state index in [4.69, 9.17) is 4.74 Å². The summed E-state index contributed by atoms with van der Waals surface area (Å²) in [7, 11) is 0. The number of guanidine groups is 1. The van der Waals surface area contributed by atoms with Gasteiger partial charge in [0.05, 0.1) is 19.8 Å². The molecular formula is C14H22IN5O. The van der Waals surface area contributed by atoms with Gasteiger partial charge in [0.25, 0.3) is 0 Å². The van der Waals surface area contributed by atoms with Crippen molar-refractivity contribution in [1.29, 1.82) is 0 Å². The van der Waals surface area contributed by atoms with Crippen LogP contribution in [0.5, 0.6) is 0 Å². The van der Waals surface area contributed by atoms with Crippen molar-refractivity contribution in [3.63, 3.8) is 0 Å². The Labute approximate surface area is 142 Å². The summed E-state index contributed by atoms with van der Waals surface area (Å²) in [6, 6.07) is 4.60. The van der Waals surface area contributed by atoms with Gasteiger partial charge in [-0.3, -0.25) is 4.99 Å². The van der Waals surface area contributed by atoms with Gasteiger partial charge in [-0.1, -0.05) is 0 Å². The third-order valence-electron chi connectivity index (χ3n) is 3.51. The molecule has 7 heteroatoms. The molecule has 0 aromatic carbocycles. The molecule has 2 N–H and O–H groups in total. The predicted molar refractivity (Wildman–Crippen MR) is 94.4 cm³/mol. The van der Waals surface area contributed by atoms with E-state index in [1.165, 1.54) is 5.56 Å². The highest BCUT2D eigenvalue weighted by atomic mass is 127. The third-order valence-corrected chi connectivity index (χ3v) is 3.51. The summed E-state index contributed by atoms with van der Waals surface area (Å²) in [5.74, 6) is 1.92. The average molecular weight is 403 g/mol. The van der Waals surface area contributed by atoms with Crippen LogP contribution >= 0.6 is 24.0 Å². The zero-order valence-electron chi connectivity index (χ0n) is 12.2. The zero-order valence-corrected chi connectivity index (χ0v) is 14.5. The predicted octanol–water partition coefficient (Wildman–Crippen LogP) is 0.973. The number of aromatic nitrogens is 1. The molecule has 1 atom stereocenters. The van der Waals surface area contributed by atoms with E-state index in [9.17, 15) is 0 Å². The Bertz CT molecular complexity index is 490. The Balaban J connectivity index is 0.00000161. The van der Waals surface area contributed by atoms with Gasteiger partial charge in [0.1, 0.15) is 5.82 Å². The molecular weight excluding hydrogens is 381 g/mol. The quantitative estimate of drug-likeness (QED) is 0.737. The zero-order chi connectivity index (χ0) is 13.8. The summed E-state index contributed by atoms with van der Waals surface area (Å²) >= 11 is 0. The van der Waals surface area contributed by atoms with E-state index in [2.05, 4.69) is 38.5 Å². The van der Waals surface area contributed by atoms with Crippen molar-refractivity contribution in [2.45, 2.75) is 19.5 Å². The van der Waals surface area contributed by atoms with Crippen LogP contribution in [-0.4, -0.2) is 49.8 Å². The Morgan fingerprint density at radius 1 is 1.43 bits per heavy atom. The van der Waals surface area contributed by atoms with Crippen LogP contribution in [-0.2, 0) is 11.3 Å². The molecule has 0 saturated carbocycles. The first-order valence-electron chi connectivity index (χ1n) is 7.14. The number of halogens is 1. The molecule has 0 radical (unpaired) electrons. The molecule has 2 aliphatic rings. The molecule has 0 spiro atoms. The maximum Gasteiger partial charge on any atom is 0.191 e. The average Bonchev–Trinajstić information content (AvgIpc) is 2.92. The number of hydrogen-bond acceptors (Lipinski definition) is 6. The molecule has 1 saturated heterocycles. The van der Waals surface area contributed by atoms with E-state index in [0.29, 0.717) is 6.04 Å². The number of anilines is 1. The van der Waals surface area contributed by atoms with Crippen LogP contribution in [0.4, 0.5) is 5.82 Å². The van der Waals surface area contributed by atoms with Crippen molar-refractivity contribution < 1.29 is 4.74 Å². The molecule has 6 nitrogen and oxygen atoms in total. The largest absolute Gasteiger partial charge is 0.378 e. The fourth-order valence-corrected chi connectivity index (χ4v) is 2.38. The van der Waals surface area contributed by atoms with Crippen molar-refractivity contribution in [1.82, 2.24) is 15.6 Å². The van der Waals surface area contributed by atoms with Crippen LogP contribution in [0.15, 0.2) is 23.3 Å². The minimum absolute atomic E-state index is 0. The monoisotopic (exact) mass is 403 g/mol. The third kappa shape index (κ3) is 4.44. The summed E-state index contributed by atoms with van der Waals surface area (Å²) in [5, 5.41) is 6.62. The molecule has 21 heavy (non-hydrogen) atoms. The van der Waals surface area contributed by atoms with Crippen LogP contribution in [0, 0.1) is 0 Å². The van der Waals surface area contributed by atoms with Crippen molar-refractivity contribution in [3.8, 4) is 0 Å². The number of aliphatic imine (C=N–C) groups is 1. The molecule has 1 unspecified atom stereocenters. The van der Waals surface area contributed by atoms with E-state index in [0.717, 1.165) is 51.2 Å². The summed E-state index contributed by atoms with van der Waals surface area (Å²) < 4.78 is 5.37. The van der Waals surface area contributed by atoms with Crippen molar-refractivity contribution in [2.75, 3.05) is 37.7 Å². The lowest BCUT2D eigenvalue weighted by molar-refractivity contribution is 0.122. The van der Waals surface area contributed by atoms with Gasteiger partial charge in [-0.15, -0.1) is 24.0 Å². The number of pyridine rings is 1. The van der Waals surface area contributed by atoms with Crippen molar-refractivity contribution in [3.05, 3.63) is 23.9 Å². The molecule has 2 aliphatic heterocycles. The van der Waals surface area contributed by atoms with Crippen LogP contribution in [0.1, 0.15) is 12.5 Å². The lowest BCUT2D eigenvalue weighted by atomic mass is 10.2. The molecule has 0 bridgehead atoms. The molecule has 116 valence electrons. The van der Waals surface area contributed by atoms with E-state index in [1.54, 1.807) is 0 Å². The smallest absolute Gasteiger partial charge is 0.191 e. The first-order chi connectivity index (χ1) is 9.81. The van der Waals surface area contributed by atoms with E-state index in [1.807, 2.05) is 12.3 Å². The van der Waals surface area contributed by atoms with Crippen molar-refractivity contribution >= 4 is 35.8 Å². The van der Waals surface area contributed by atoms with Crippen molar-refractivity contribution in [2.24, 2.45) is 4.99 Å². The molecule has 1 aromatic rings. The number of morpholine rings is 1. The molecule has 3 rings (SSSR count). The standard InChI is InChI=1S/C14H21N5O.HI/c1-11-9-16-14(18-11)17-10-12-2-3-15-13(8-12)19-4-6-20-7-5-19;/h2-3,8,11H,4-7,9-10H2,1H3,(H2,16,17,18);1H. The Morgan fingerprint density at radius 3 is 2.95 bits per heavy atom. The lowest BCUT2D eigenvalue weighted by Crippen LogP contribution is -2.37. The van der Waals surface area contributed by atoms with E-state index < -0.39 is 0 Å². The first-order valence-corrected chi connectivity index (χ1v) is 7.14. The summed E-state index contributed by atoms with van der Waals surface area (Å²) in [6.07, 6.45) is 1.87. The minimum Gasteiger partial charge on any atom is -0.378 e. The van der Waals surface area contributed by atoms with Gasteiger partial charge in [-0.25, -0.2) is 4.98 Å². The van der Waals surface area contributed by atoms with Gasteiger partial charge >= 0.3 is 0 Å². The summed E-state index contributed by atoms with van der Waals surface area (Å²) in [5.41, 5.74) is 1.21. The number of hydrogen-bond donors (Lipinski definition) is 2. The Kier molecular flexibility index (Phi) is 6.04. The molecule has 1 fully saturated rings. The molecule has 0 amide bonds. The van der Waals surface area contributed by atoms with E-state index in [-0.39, 0.29) is 24.0 Å². The first kappa shape index (κ1) is 16.3. The normalized spacial score (nSPS) is 21.3. The minimum atomic E-state index is 0. The maximum absolute atomic E-state index is 5.37. The molecule has 3 heterocycles. The van der Waals surface area contributed by atoms with Gasteiger partial charge < -0.3 is 20.3 Å². The van der Waals surface area contributed by atoms with Gasteiger partial charge in [0.15, 0.2) is 5.96 Å². The van der Waals surface area contributed by atoms with Crippen LogP contribution in [0.25, 0.3) is 0 Å². The van der Waals surface area contributed by atoms with Crippen LogP contribution < -0.4 is 15.5 Å². The fourth-order valence-electron chi connectivity index (χ4n) is 2.38. The topological polar surface area (TPSA) is 61.8 Å². The Hall–Kier alpha value is -1.09. The highest BCUT2D eigenvalue weighted by Crippen LogP contribution is 2.14. The second-order valence-electron chi connectivity index (χ2n) is 5.21. The summed E-state index contributed by atoms with van der Waals surface area (Å²) in [6.45, 7) is 7.12. The second-order valence-corrected chi connectivity index (χ2v) is 5.21. The van der Waals surface area contributed by atoms with Crippen LogP contribution in [0.2, 0.25) is 0 Å². The maximum atomic E-state index is 5.37. The van der Waals surface area contributed by atoms with Gasteiger partial charge in [0, 0.05) is 31.9 Å². The fraction of sp³-hybridized carbons (Fsp3) is 0.571. The molecule has 1 aromatic heterocycles. The van der Waals surface area contributed by atoms with Crippen LogP contribution in [0.3, 0.4) is 0 Å². The highest BCUT2D eigenvalue weighted by Gasteiger charge is 2.14. The number of nitrogens with one attached hydrogen (secondary N) is 2. The number of ether oxygens (including phenoxy) is 1. The lowest BCUT2D eigenvalue weighted by Gasteiger charge is -2.28. The number of nitrogens with zero attached hydrogens (tertiary/aromatic N) is 3. The van der Waals surface area contributed by atoms with Gasteiger partial charge in [0.2, 0.25) is 0 Å².